The standard InChI is InChI=1S/C26H18N4O5S2/c1-14-11-16(13-18(23(14)31)25-28-19-7-2-3-8-22(19)37-25)27-26(36)29-24(32)21-10-9-20(35-21)15-5-4-6-17(12-15)30(33)34/h2-13,31H,1H3,(H2,27,29,32,36). The number of phenolic OH excluding ortho intramolecular Hbond substituents is 1. The molecule has 0 atom stereocenters. The van der Waals surface area contributed by atoms with Gasteiger partial charge in [-0.1, -0.05) is 24.3 Å². The van der Waals surface area contributed by atoms with Crippen LogP contribution in [0.3, 0.4) is 0 Å². The predicted molar refractivity (Wildman–Crippen MR) is 146 cm³/mol. The van der Waals surface area contributed by atoms with Gasteiger partial charge in [0.2, 0.25) is 0 Å². The number of nitro benzene ring substituents is 1. The highest BCUT2D eigenvalue weighted by molar-refractivity contribution is 7.80. The first kappa shape index (κ1) is 24.1. The number of nitrogens with one attached hydrogen (secondary N) is 2. The van der Waals surface area contributed by atoms with E-state index in [9.17, 15) is 20.0 Å². The van der Waals surface area contributed by atoms with Crippen LogP contribution in [-0.4, -0.2) is 26.0 Å². The molecule has 0 aliphatic heterocycles. The maximum Gasteiger partial charge on any atom is 0.293 e. The zero-order chi connectivity index (χ0) is 26.1. The Kier molecular flexibility index (Phi) is 6.38. The Balaban J connectivity index is 1.31. The molecule has 11 heteroatoms. The Bertz CT molecular complexity index is 1660. The van der Waals surface area contributed by atoms with E-state index in [1.165, 1.54) is 35.6 Å². The third-order valence-corrected chi connectivity index (χ3v) is 6.75. The van der Waals surface area contributed by atoms with Crippen LogP contribution < -0.4 is 10.6 Å². The van der Waals surface area contributed by atoms with Crippen LogP contribution in [0, 0.1) is 17.0 Å². The molecule has 0 fully saturated rings. The van der Waals surface area contributed by atoms with Crippen molar-refractivity contribution in [3.8, 4) is 27.6 Å². The molecule has 0 bridgehead atoms. The molecular weight excluding hydrogens is 512 g/mol. The zero-order valence-corrected chi connectivity index (χ0v) is 20.9. The van der Waals surface area contributed by atoms with E-state index in [-0.39, 0.29) is 22.3 Å². The first-order chi connectivity index (χ1) is 17.8. The molecule has 0 aliphatic carbocycles. The number of anilines is 1. The molecule has 1 amide bonds. The number of thiazole rings is 1. The second kappa shape index (κ2) is 9.80. The molecule has 9 nitrogen and oxygen atoms in total. The summed E-state index contributed by atoms with van der Waals surface area (Å²) in [6.07, 6.45) is 0. The van der Waals surface area contributed by atoms with Crippen molar-refractivity contribution in [3.63, 3.8) is 0 Å². The summed E-state index contributed by atoms with van der Waals surface area (Å²) in [4.78, 5) is 27.8. The van der Waals surface area contributed by atoms with Crippen LogP contribution in [0.5, 0.6) is 5.75 Å². The van der Waals surface area contributed by atoms with Crippen LogP contribution in [0.4, 0.5) is 11.4 Å². The number of hydrogen-bond acceptors (Lipinski definition) is 8. The van der Waals surface area contributed by atoms with Crippen molar-refractivity contribution >= 4 is 56.2 Å². The fourth-order valence-electron chi connectivity index (χ4n) is 3.72. The minimum absolute atomic E-state index is 0.0114. The van der Waals surface area contributed by atoms with Crippen molar-refractivity contribution < 1.29 is 19.2 Å². The highest BCUT2D eigenvalue weighted by atomic mass is 32.1. The lowest BCUT2D eigenvalue weighted by Gasteiger charge is -2.12. The lowest BCUT2D eigenvalue weighted by atomic mass is 10.1. The number of carbonyl (C=O) groups excluding carboxylic acids is 1. The van der Waals surface area contributed by atoms with Crippen molar-refractivity contribution in [2.24, 2.45) is 0 Å². The van der Waals surface area contributed by atoms with Crippen LogP contribution in [0.1, 0.15) is 16.1 Å². The van der Waals surface area contributed by atoms with Crippen molar-refractivity contribution in [1.29, 1.82) is 0 Å². The van der Waals surface area contributed by atoms with Gasteiger partial charge < -0.3 is 14.8 Å². The average molecular weight is 531 g/mol. The molecule has 184 valence electrons. The Morgan fingerprint density at radius 3 is 2.70 bits per heavy atom. The molecule has 2 heterocycles. The van der Waals surface area contributed by atoms with E-state index in [0.717, 1.165) is 10.2 Å². The molecule has 5 aromatic rings. The summed E-state index contributed by atoms with van der Waals surface area (Å²) in [7, 11) is 0. The summed E-state index contributed by atoms with van der Waals surface area (Å²) in [5.74, 6) is -0.176. The van der Waals surface area contributed by atoms with Gasteiger partial charge in [0.1, 0.15) is 16.5 Å². The number of nitro groups is 1. The zero-order valence-electron chi connectivity index (χ0n) is 19.2. The van der Waals surface area contributed by atoms with Gasteiger partial charge in [0.15, 0.2) is 10.9 Å². The van der Waals surface area contributed by atoms with E-state index >= 15 is 0 Å². The Labute approximate surface area is 219 Å². The number of furan rings is 1. The molecule has 2 aromatic heterocycles. The second-order valence-electron chi connectivity index (χ2n) is 8.06. The predicted octanol–water partition coefficient (Wildman–Crippen LogP) is 6.27. The molecule has 0 spiro atoms. The SMILES string of the molecule is Cc1cc(NC(=S)NC(=O)c2ccc(-c3cccc([N+](=O)[O-])c3)o2)cc(-c2nc3ccccc3s2)c1O. The summed E-state index contributed by atoms with van der Waals surface area (Å²) >= 11 is 6.77. The maximum atomic E-state index is 12.7. The quantitative estimate of drug-likeness (QED) is 0.105. The smallest absolute Gasteiger partial charge is 0.293 e. The van der Waals surface area contributed by atoms with Gasteiger partial charge in [-0.15, -0.1) is 11.3 Å². The Morgan fingerprint density at radius 2 is 1.92 bits per heavy atom. The number of amides is 1. The van der Waals surface area contributed by atoms with E-state index < -0.39 is 10.8 Å². The fourth-order valence-corrected chi connectivity index (χ4v) is 4.91. The number of nitrogens with zero attached hydrogens (tertiary/aromatic N) is 2. The van der Waals surface area contributed by atoms with Crippen LogP contribution in [0.25, 0.3) is 32.1 Å². The van der Waals surface area contributed by atoms with E-state index in [4.69, 9.17) is 16.6 Å². The first-order valence-corrected chi connectivity index (χ1v) is 12.2. The van der Waals surface area contributed by atoms with Gasteiger partial charge in [0, 0.05) is 23.4 Å². The molecule has 3 aromatic carbocycles. The van der Waals surface area contributed by atoms with Gasteiger partial charge in [0.25, 0.3) is 11.6 Å². The van der Waals surface area contributed by atoms with Crippen LogP contribution in [0.15, 0.2) is 77.2 Å². The molecule has 0 aliphatic rings. The van der Waals surface area contributed by atoms with Crippen molar-refractivity contribution in [3.05, 3.63) is 94.2 Å². The number of rotatable bonds is 5. The van der Waals surface area contributed by atoms with Gasteiger partial charge in [0.05, 0.1) is 20.7 Å². The van der Waals surface area contributed by atoms with Crippen LogP contribution in [0.2, 0.25) is 0 Å². The molecular formula is C26H18N4O5S2. The van der Waals surface area contributed by atoms with E-state index in [1.807, 2.05) is 24.3 Å². The topological polar surface area (TPSA) is 131 Å². The number of carbonyl (C=O) groups is 1. The molecule has 0 saturated carbocycles. The number of fused-ring (bicyclic) bond motifs is 1. The summed E-state index contributed by atoms with van der Waals surface area (Å²) in [6, 6.07) is 20.1. The van der Waals surface area contributed by atoms with Crippen molar-refractivity contribution in [1.82, 2.24) is 10.3 Å². The first-order valence-electron chi connectivity index (χ1n) is 10.9. The number of benzene rings is 3. The van der Waals surface area contributed by atoms with Gasteiger partial charge in [-0.05, 0) is 61.1 Å². The minimum atomic E-state index is -0.587. The number of para-hydroxylation sites is 1. The van der Waals surface area contributed by atoms with E-state index in [2.05, 4.69) is 15.6 Å². The van der Waals surface area contributed by atoms with Gasteiger partial charge in [-0.3, -0.25) is 20.2 Å². The number of aromatic nitrogens is 1. The summed E-state index contributed by atoms with van der Waals surface area (Å²) in [6.45, 7) is 1.76. The molecule has 5 rings (SSSR count). The van der Waals surface area contributed by atoms with E-state index in [0.29, 0.717) is 33.1 Å². The molecule has 0 unspecified atom stereocenters. The number of thiocarbonyl (C=S) groups is 1. The normalized spacial score (nSPS) is 10.8. The fraction of sp³-hybridized carbons (Fsp3) is 0.0385. The van der Waals surface area contributed by atoms with Gasteiger partial charge in [-0.2, -0.15) is 0 Å². The number of aryl methyl sites for hydroxylation is 1. The second-order valence-corrected chi connectivity index (χ2v) is 9.49. The summed E-state index contributed by atoms with van der Waals surface area (Å²) in [5, 5.41) is 27.9. The Hall–Kier alpha value is -4.61. The molecule has 0 saturated heterocycles. The highest BCUT2D eigenvalue weighted by Crippen LogP contribution is 2.38. The largest absolute Gasteiger partial charge is 0.507 e. The summed E-state index contributed by atoms with van der Waals surface area (Å²) < 4.78 is 6.59. The monoisotopic (exact) mass is 530 g/mol. The lowest BCUT2D eigenvalue weighted by Crippen LogP contribution is -2.33. The third-order valence-electron chi connectivity index (χ3n) is 5.48. The number of aromatic hydroxyl groups is 1. The Morgan fingerprint density at radius 1 is 1.11 bits per heavy atom. The number of phenols is 1. The van der Waals surface area contributed by atoms with Gasteiger partial charge >= 0.3 is 0 Å². The molecule has 37 heavy (non-hydrogen) atoms. The van der Waals surface area contributed by atoms with Crippen LogP contribution >= 0.6 is 23.6 Å². The number of non-ortho nitro benzene ring substituents is 1. The average Bonchev–Trinajstić information content (AvgIpc) is 3.54. The highest BCUT2D eigenvalue weighted by Gasteiger charge is 2.17. The maximum absolute atomic E-state index is 12.7. The van der Waals surface area contributed by atoms with E-state index in [1.54, 1.807) is 31.2 Å². The summed E-state index contributed by atoms with van der Waals surface area (Å²) in [5.41, 5.74) is 2.94. The third kappa shape index (κ3) is 5.03. The molecule has 0 radical (unpaired) electrons. The van der Waals surface area contributed by atoms with Crippen molar-refractivity contribution in [2.75, 3.05) is 5.32 Å². The minimum Gasteiger partial charge on any atom is -0.507 e. The number of hydrogen-bond donors (Lipinski definition) is 3. The van der Waals surface area contributed by atoms with Crippen molar-refractivity contribution in [2.45, 2.75) is 6.92 Å². The van der Waals surface area contributed by atoms with Gasteiger partial charge in [-0.25, -0.2) is 4.98 Å². The molecule has 3 N–H and O–H groups in total. The lowest BCUT2D eigenvalue weighted by molar-refractivity contribution is -0.384. The van der Waals surface area contributed by atoms with Crippen LogP contribution in [-0.2, 0) is 0 Å².